The fourth-order valence-corrected chi connectivity index (χ4v) is 3.11. The van der Waals surface area contributed by atoms with E-state index in [0.717, 1.165) is 17.1 Å². The average molecular weight is 497 g/mol. The molecule has 0 saturated heterocycles. The quantitative estimate of drug-likeness (QED) is 0.136. The van der Waals surface area contributed by atoms with E-state index in [2.05, 4.69) is 20.7 Å². The number of amides is 1. The number of carbonyl (C=O) groups excluding carboxylic acids is 1. The second-order valence-corrected chi connectivity index (χ2v) is 7.12. The van der Waals surface area contributed by atoms with Crippen molar-refractivity contribution in [2.24, 2.45) is 0 Å². The monoisotopic (exact) mass is 497 g/mol. The number of benzene rings is 1. The van der Waals surface area contributed by atoms with Gasteiger partial charge in [0.1, 0.15) is 5.76 Å². The molecule has 0 aliphatic carbocycles. The van der Waals surface area contributed by atoms with Gasteiger partial charge in [0.05, 0.1) is 53.5 Å². The molecule has 0 radical (unpaired) electrons. The SMILES string of the molecule is Cc1onc(C(=O)Nc2cnn(Cc3c(F)c(F)c(F)c(F)c3F)c2)c1Cn1ccc([N+](=O)[O-])n1. The van der Waals surface area contributed by atoms with Crippen molar-refractivity contribution in [2.45, 2.75) is 20.0 Å². The normalized spacial score (nSPS) is 11.1. The fraction of sp³-hybridized carbons (Fsp3) is 0.158. The van der Waals surface area contributed by atoms with Gasteiger partial charge in [0.25, 0.3) is 5.91 Å². The molecule has 0 bridgehead atoms. The summed E-state index contributed by atoms with van der Waals surface area (Å²) in [5.41, 5.74) is -0.993. The van der Waals surface area contributed by atoms with Crippen LogP contribution in [0.5, 0.6) is 0 Å². The number of aryl methyl sites for hydroxylation is 1. The minimum Gasteiger partial charge on any atom is -0.361 e. The molecule has 1 amide bonds. The lowest BCUT2D eigenvalue weighted by Crippen LogP contribution is -2.16. The molecule has 0 saturated carbocycles. The first-order chi connectivity index (χ1) is 16.6. The lowest BCUT2D eigenvalue weighted by atomic mass is 10.1. The molecule has 35 heavy (non-hydrogen) atoms. The third-order valence-corrected chi connectivity index (χ3v) is 4.85. The number of nitrogens with one attached hydrogen (secondary N) is 1. The Morgan fingerprint density at radius 2 is 1.69 bits per heavy atom. The number of anilines is 1. The van der Waals surface area contributed by atoms with Crippen molar-refractivity contribution in [3.8, 4) is 0 Å². The largest absolute Gasteiger partial charge is 0.389 e. The van der Waals surface area contributed by atoms with Crippen LogP contribution in [0.15, 0.2) is 29.2 Å². The highest BCUT2D eigenvalue weighted by molar-refractivity contribution is 6.03. The van der Waals surface area contributed by atoms with Crippen molar-refractivity contribution in [1.82, 2.24) is 24.7 Å². The Morgan fingerprint density at radius 3 is 2.31 bits per heavy atom. The summed E-state index contributed by atoms with van der Waals surface area (Å²) in [6, 6.07) is 1.17. The molecule has 1 aromatic carbocycles. The molecule has 0 atom stereocenters. The predicted octanol–water partition coefficient (Wildman–Crippen LogP) is 3.33. The van der Waals surface area contributed by atoms with Crippen LogP contribution in [0, 0.1) is 46.1 Å². The molecule has 0 aliphatic heterocycles. The van der Waals surface area contributed by atoms with Crippen LogP contribution in [-0.4, -0.2) is 35.5 Å². The van der Waals surface area contributed by atoms with Gasteiger partial charge in [0.2, 0.25) is 5.82 Å². The molecule has 3 heterocycles. The molecular weight excluding hydrogens is 485 g/mol. The van der Waals surface area contributed by atoms with E-state index in [0.29, 0.717) is 0 Å². The van der Waals surface area contributed by atoms with Gasteiger partial charge in [0, 0.05) is 6.20 Å². The molecule has 182 valence electrons. The van der Waals surface area contributed by atoms with Gasteiger partial charge in [-0.2, -0.15) is 9.78 Å². The minimum absolute atomic E-state index is 0.0141. The van der Waals surface area contributed by atoms with Crippen LogP contribution < -0.4 is 5.32 Å². The van der Waals surface area contributed by atoms with Crippen LogP contribution in [0.2, 0.25) is 0 Å². The van der Waals surface area contributed by atoms with Gasteiger partial charge in [0.15, 0.2) is 29.0 Å². The number of rotatable bonds is 7. The summed E-state index contributed by atoms with van der Waals surface area (Å²) >= 11 is 0. The van der Waals surface area contributed by atoms with Gasteiger partial charge < -0.3 is 20.0 Å². The third-order valence-electron chi connectivity index (χ3n) is 4.85. The predicted molar refractivity (Wildman–Crippen MR) is 105 cm³/mol. The summed E-state index contributed by atoms with van der Waals surface area (Å²) in [7, 11) is 0. The lowest BCUT2D eigenvalue weighted by Gasteiger charge is -2.08. The smallest absolute Gasteiger partial charge is 0.361 e. The summed E-state index contributed by atoms with van der Waals surface area (Å²) in [5.74, 6) is -11.4. The Kier molecular flexibility index (Phi) is 6.02. The first-order valence-electron chi connectivity index (χ1n) is 9.54. The standard InChI is InChI=1S/C19H12F5N7O4/c1-8-10(6-29-3-2-12(27-29)31(33)34)18(28-35-8)19(32)26-9-4-25-30(5-9)7-11-13(20)15(22)17(24)16(23)14(11)21/h2-5H,6-7H2,1H3,(H,26,32). The van der Waals surface area contributed by atoms with Crippen molar-refractivity contribution in [1.29, 1.82) is 0 Å². The van der Waals surface area contributed by atoms with E-state index >= 15 is 0 Å². The van der Waals surface area contributed by atoms with E-state index in [1.165, 1.54) is 23.9 Å². The van der Waals surface area contributed by atoms with Crippen molar-refractivity contribution in [3.63, 3.8) is 0 Å². The molecule has 0 spiro atoms. The Bertz CT molecular complexity index is 1430. The third kappa shape index (κ3) is 4.44. The number of halogens is 5. The summed E-state index contributed by atoms with van der Waals surface area (Å²) < 4.78 is 74.9. The molecule has 0 unspecified atom stereocenters. The summed E-state index contributed by atoms with van der Waals surface area (Å²) in [5, 5.41) is 24.4. The highest BCUT2D eigenvalue weighted by Crippen LogP contribution is 2.24. The zero-order valence-electron chi connectivity index (χ0n) is 17.4. The number of hydrogen-bond donors (Lipinski definition) is 1. The molecule has 4 aromatic rings. The van der Waals surface area contributed by atoms with Crippen molar-refractivity contribution < 1.29 is 36.2 Å². The number of nitrogens with zero attached hydrogens (tertiary/aromatic N) is 6. The van der Waals surface area contributed by atoms with Crippen molar-refractivity contribution >= 4 is 17.4 Å². The van der Waals surface area contributed by atoms with E-state index in [1.807, 2.05) is 0 Å². The molecule has 16 heteroatoms. The van der Waals surface area contributed by atoms with Gasteiger partial charge in [-0.05, 0) is 11.8 Å². The highest BCUT2D eigenvalue weighted by Gasteiger charge is 2.26. The Morgan fingerprint density at radius 1 is 1.06 bits per heavy atom. The van der Waals surface area contributed by atoms with Gasteiger partial charge >= 0.3 is 5.82 Å². The molecule has 0 fully saturated rings. The maximum atomic E-state index is 13.9. The zero-order chi connectivity index (χ0) is 25.4. The van der Waals surface area contributed by atoms with Gasteiger partial charge in [-0.3, -0.25) is 9.48 Å². The van der Waals surface area contributed by atoms with E-state index < -0.39 is 57.8 Å². The first-order valence-corrected chi connectivity index (χ1v) is 9.54. The zero-order valence-corrected chi connectivity index (χ0v) is 17.4. The topological polar surface area (TPSA) is 134 Å². The maximum absolute atomic E-state index is 13.9. The van der Waals surface area contributed by atoms with Crippen LogP contribution in [0.3, 0.4) is 0 Å². The Labute approximate surface area is 190 Å². The van der Waals surface area contributed by atoms with E-state index in [-0.39, 0.29) is 29.2 Å². The molecule has 4 rings (SSSR count). The average Bonchev–Trinajstić information content (AvgIpc) is 3.55. The van der Waals surface area contributed by atoms with Gasteiger partial charge in [-0.1, -0.05) is 5.16 Å². The van der Waals surface area contributed by atoms with Crippen LogP contribution >= 0.6 is 0 Å². The van der Waals surface area contributed by atoms with Crippen molar-refractivity contribution in [3.05, 3.63) is 86.4 Å². The number of hydrogen-bond acceptors (Lipinski definition) is 7. The molecule has 3 aromatic heterocycles. The molecule has 0 aliphatic rings. The van der Waals surface area contributed by atoms with Crippen molar-refractivity contribution in [2.75, 3.05) is 5.32 Å². The highest BCUT2D eigenvalue weighted by atomic mass is 19.2. The summed E-state index contributed by atoms with van der Waals surface area (Å²) in [4.78, 5) is 22.8. The number of carbonyl (C=O) groups is 1. The second-order valence-electron chi connectivity index (χ2n) is 7.12. The second kappa shape index (κ2) is 8.96. The van der Waals surface area contributed by atoms with E-state index in [9.17, 15) is 36.9 Å². The Hall–Kier alpha value is -4.63. The first kappa shape index (κ1) is 23.5. The summed E-state index contributed by atoms with van der Waals surface area (Å²) in [6.07, 6.45) is 3.50. The maximum Gasteiger partial charge on any atom is 0.389 e. The van der Waals surface area contributed by atoms with Crippen LogP contribution in [-0.2, 0) is 13.1 Å². The minimum atomic E-state index is -2.28. The number of nitro groups is 1. The van der Waals surface area contributed by atoms with Gasteiger partial charge in [-0.25, -0.2) is 22.0 Å². The molecule has 11 nitrogen and oxygen atoms in total. The van der Waals surface area contributed by atoms with Crippen LogP contribution in [0.1, 0.15) is 27.4 Å². The fourth-order valence-electron chi connectivity index (χ4n) is 3.11. The van der Waals surface area contributed by atoms with Gasteiger partial charge in [-0.15, -0.1) is 0 Å². The molecule has 1 N–H and O–H groups in total. The Balaban J connectivity index is 1.51. The van der Waals surface area contributed by atoms with Crippen LogP contribution in [0.4, 0.5) is 33.5 Å². The lowest BCUT2D eigenvalue weighted by molar-refractivity contribution is -0.389. The van der Waals surface area contributed by atoms with E-state index in [1.54, 1.807) is 0 Å². The van der Waals surface area contributed by atoms with E-state index in [4.69, 9.17) is 4.52 Å². The number of aromatic nitrogens is 5. The summed E-state index contributed by atoms with van der Waals surface area (Å²) in [6.45, 7) is 0.624. The molecular formula is C19H12F5N7O4. The van der Waals surface area contributed by atoms with Crippen LogP contribution in [0.25, 0.3) is 0 Å².